The molecule has 0 radical (unpaired) electrons. The molecule has 0 bridgehead atoms. The highest BCUT2D eigenvalue weighted by Crippen LogP contribution is 2.40. The van der Waals surface area contributed by atoms with Crippen LogP contribution in [0, 0.1) is 0 Å². The van der Waals surface area contributed by atoms with E-state index in [1.165, 1.54) is 5.56 Å². The van der Waals surface area contributed by atoms with Crippen LogP contribution in [0.5, 0.6) is 5.75 Å². The number of ether oxygens (including phenoxy) is 1. The Morgan fingerprint density at radius 3 is 2.44 bits per heavy atom. The van der Waals surface area contributed by atoms with E-state index in [0.717, 1.165) is 22.4 Å². The number of hydrogen-bond donors (Lipinski definition) is 0. The van der Waals surface area contributed by atoms with Gasteiger partial charge in [0.1, 0.15) is 12.4 Å². The first-order chi connectivity index (χ1) is 7.86. The van der Waals surface area contributed by atoms with Gasteiger partial charge in [-0.15, -0.1) is 0 Å². The summed E-state index contributed by atoms with van der Waals surface area (Å²) < 4.78 is 5.70. The van der Waals surface area contributed by atoms with Crippen molar-refractivity contribution in [2.75, 3.05) is 6.61 Å². The van der Waals surface area contributed by atoms with Crippen LogP contribution in [0.4, 0.5) is 0 Å². The summed E-state index contributed by atoms with van der Waals surface area (Å²) in [7, 11) is 0. The van der Waals surface area contributed by atoms with E-state index in [-0.39, 0.29) is 0 Å². The predicted octanol–water partition coefficient (Wildman–Crippen LogP) is 3.76. The van der Waals surface area contributed by atoms with Gasteiger partial charge in [-0.3, -0.25) is 0 Å². The molecule has 3 rings (SSSR count). The van der Waals surface area contributed by atoms with Gasteiger partial charge in [0.2, 0.25) is 0 Å². The minimum atomic E-state index is 0.610. The second-order valence-corrected chi connectivity index (χ2v) is 3.94. The summed E-state index contributed by atoms with van der Waals surface area (Å²) in [5, 5.41) is 0. The Morgan fingerprint density at radius 1 is 0.875 bits per heavy atom. The Kier molecular flexibility index (Phi) is 2.03. The summed E-state index contributed by atoms with van der Waals surface area (Å²) in [4.78, 5) is 0. The SMILES string of the molecule is C=C1COc2c1cccc2-c1ccccc1. The Balaban J connectivity index is 2.20. The summed E-state index contributed by atoms with van der Waals surface area (Å²) in [6.45, 7) is 4.62. The van der Waals surface area contributed by atoms with Crippen LogP contribution < -0.4 is 4.74 Å². The molecule has 0 atom stereocenters. The maximum Gasteiger partial charge on any atom is 0.135 e. The van der Waals surface area contributed by atoms with Gasteiger partial charge in [0.15, 0.2) is 0 Å². The van der Waals surface area contributed by atoms with E-state index in [9.17, 15) is 0 Å². The van der Waals surface area contributed by atoms with Crippen molar-refractivity contribution in [3.05, 3.63) is 60.7 Å². The van der Waals surface area contributed by atoms with Gasteiger partial charge in [-0.25, -0.2) is 0 Å². The molecule has 0 aromatic heterocycles. The van der Waals surface area contributed by atoms with Crippen LogP contribution in [0.25, 0.3) is 16.7 Å². The first-order valence-electron chi connectivity index (χ1n) is 5.35. The lowest BCUT2D eigenvalue weighted by Gasteiger charge is -2.07. The third kappa shape index (κ3) is 1.33. The summed E-state index contributed by atoms with van der Waals surface area (Å²) in [5.74, 6) is 0.971. The van der Waals surface area contributed by atoms with E-state index >= 15 is 0 Å². The highest BCUT2D eigenvalue weighted by molar-refractivity contribution is 5.83. The van der Waals surface area contributed by atoms with Gasteiger partial charge in [-0.1, -0.05) is 55.1 Å². The van der Waals surface area contributed by atoms with Crippen LogP contribution in [0.1, 0.15) is 5.56 Å². The van der Waals surface area contributed by atoms with Crippen molar-refractivity contribution in [3.63, 3.8) is 0 Å². The molecule has 0 aliphatic carbocycles. The largest absolute Gasteiger partial charge is 0.488 e. The van der Waals surface area contributed by atoms with Crippen LogP contribution >= 0.6 is 0 Å². The van der Waals surface area contributed by atoms with Crippen LogP contribution in [-0.4, -0.2) is 6.61 Å². The molecule has 0 saturated carbocycles. The van der Waals surface area contributed by atoms with E-state index in [1.54, 1.807) is 0 Å². The molecule has 1 aliphatic heterocycles. The molecule has 1 heterocycles. The summed E-state index contributed by atoms with van der Waals surface area (Å²) >= 11 is 0. The second kappa shape index (κ2) is 3.53. The monoisotopic (exact) mass is 208 g/mol. The normalized spacial score (nSPS) is 13.4. The Labute approximate surface area is 95.0 Å². The lowest BCUT2D eigenvalue weighted by Crippen LogP contribution is -1.88. The van der Waals surface area contributed by atoms with Gasteiger partial charge < -0.3 is 4.74 Å². The quantitative estimate of drug-likeness (QED) is 0.693. The molecule has 1 heteroatoms. The fourth-order valence-electron chi connectivity index (χ4n) is 2.05. The number of para-hydroxylation sites is 1. The molecule has 0 N–H and O–H groups in total. The van der Waals surface area contributed by atoms with Crippen molar-refractivity contribution < 1.29 is 4.74 Å². The number of benzene rings is 2. The molecule has 78 valence electrons. The van der Waals surface area contributed by atoms with Gasteiger partial charge in [0, 0.05) is 11.1 Å². The summed E-state index contributed by atoms with van der Waals surface area (Å²) in [6, 6.07) is 16.5. The molecule has 2 aromatic carbocycles. The van der Waals surface area contributed by atoms with E-state index in [1.807, 2.05) is 18.2 Å². The van der Waals surface area contributed by atoms with Crippen molar-refractivity contribution >= 4 is 5.57 Å². The predicted molar refractivity (Wildman–Crippen MR) is 66.4 cm³/mol. The topological polar surface area (TPSA) is 9.23 Å². The maximum atomic E-state index is 5.70. The zero-order valence-corrected chi connectivity index (χ0v) is 8.94. The van der Waals surface area contributed by atoms with Crippen molar-refractivity contribution in [2.24, 2.45) is 0 Å². The first kappa shape index (κ1) is 9.22. The number of hydrogen-bond acceptors (Lipinski definition) is 1. The van der Waals surface area contributed by atoms with Gasteiger partial charge in [-0.2, -0.15) is 0 Å². The van der Waals surface area contributed by atoms with Crippen molar-refractivity contribution in [1.29, 1.82) is 0 Å². The van der Waals surface area contributed by atoms with Gasteiger partial charge in [0.05, 0.1) is 0 Å². The molecule has 0 spiro atoms. The van der Waals surface area contributed by atoms with Crippen LogP contribution in [0.2, 0.25) is 0 Å². The Morgan fingerprint density at radius 2 is 1.62 bits per heavy atom. The molecule has 0 fully saturated rings. The lowest BCUT2D eigenvalue weighted by molar-refractivity contribution is 0.390. The molecule has 2 aromatic rings. The highest BCUT2D eigenvalue weighted by Gasteiger charge is 2.19. The second-order valence-electron chi connectivity index (χ2n) is 3.94. The molecule has 0 amide bonds. The third-order valence-electron chi connectivity index (χ3n) is 2.87. The molecule has 0 saturated heterocycles. The molecular formula is C15H12O. The minimum absolute atomic E-state index is 0.610. The molecular weight excluding hydrogens is 196 g/mol. The Hall–Kier alpha value is -2.02. The Bertz CT molecular complexity index is 541. The number of rotatable bonds is 1. The smallest absolute Gasteiger partial charge is 0.135 e. The molecule has 0 unspecified atom stereocenters. The van der Waals surface area contributed by atoms with Crippen molar-refractivity contribution in [1.82, 2.24) is 0 Å². The zero-order valence-electron chi connectivity index (χ0n) is 8.94. The van der Waals surface area contributed by atoms with Crippen LogP contribution in [-0.2, 0) is 0 Å². The molecule has 1 aliphatic rings. The van der Waals surface area contributed by atoms with Crippen molar-refractivity contribution in [3.8, 4) is 16.9 Å². The third-order valence-corrected chi connectivity index (χ3v) is 2.87. The van der Waals surface area contributed by atoms with Gasteiger partial charge in [-0.05, 0) is 11.1 Å². The van der Waals surface area contributed by atoms with E-state index in [0.29, 0.717) is 6.61 Å². The summed E-state index contributed by atoms with van der Waals surface area (Å²) in [6.07, 6.45) is 0. The minimum Gasteiger partial charge on any atom is -0.488 e. The van der Waals surface area contributed by atoms with Gasteiger partial charge in [0.25, 0.3) is 0 Å². The highest BCUT2D eigenvalue weighted by atomic mass is 16.5. The van der Waals surface area contributed by atoms with E-state index < -0.39 is 0 Å². The molecule has 16 heavy (non-hydrogen) atoms. The lowest BCUT2D eigenvalue weighted by atomic mass is 10.00. The standard InChI is InChI=1S/C15H12O/c1-11-10-16-15-13(11)8-5-9-14(15)12-6-3-2-4-7-12/h2-9H,1,10H2. The fourth-order valence-corrected chi connectivity index (χ4v) is 2.05. The average Bonchev–Trinajstić information content (AvgIpc) is 2.73. The summed E-state index contributed by atoms with van der Waals surface area (Å²) in [5.41, 5.74) is 4.54. The zero-order chi connectivity index (χ0) is 11.0. The molecule has 1 nitrogen and oxygen atoms in total. The van der Waals surface area contributed by atoms with E-state index in [2.05, 4.69) is 36.9 Å². The van der Waals surface area contributed by atoms with Crippen LogP contribution in [0.15, 0.2) is 55.1 Å². The first-order valence-corrected chi connectivity index (χ1v) is 5.35. The van der Waals surface area contributed by atoms with Crippen LogP contribution in [0.3, 0.4) is 0 Å². The average molecular weight is 208 g/mol. The van der Waals surface area contributed by atoms with Crippen molar-refractivity contribution in [2.45, 2.75) is 0 Å². The fraction of sp³-hybridized carbons (Fsp3) is 0.0667. The van der Waals surface area contributed by atoms with E-state index in [4.69, 9.17) is 4.74 Å². The van der Waals surface area contributed by atoms with Gasteiger partial charge >= 0.3 is 0 Å². The number of fused-ring (bicyclic) bond motifs is 1. The maximum absolute atomic E-state index is 5.70.